The number of benzene rings is 1. The lowest BCUT2D eigenvalue weighted by molar-refractivity contribution is 0.0692. The van der Waals surface area contributed by atoms with Crippen LogP contribution in [-0.2, 0) is 13.6 Å². The van der Waals surface area contributed by atoms with Crippen molar-refractivity contribution in [3.63, 3.8) is 0 Å². The van der Waals surface area contributed by atoms with Crippen molar-refractivity contribution in [2.75, 3.05) is 13.2 Å². The molecular weight excluding hydrogens is 258 g/mol. The highest BCUT2D eigenvalue weighted by atomic mass is 16.5. The number of carboxylic acids is 1. The molecule has 0 radical (unpaired) electrons. The number of nitrogens with zero attached hydrogens (tertiary/aromatic N) is 2. The second-order valence-electron chi connectivity index (χ2n) is 4.31. The Morgan fingerprint density at radius 3 is 2.90 bits per heavy atom. The zero-order valence-corrected chi connectivity index (χ0v) is 11.2. The fourth-order valence-electron chi connectivity index (χ4n) is 1.78. The molecule has 0 saturated carbocycles. The average molecular weight is 275 g/mol. The van der Waals surface area contributed by atoms with Crippen LogP contribution in [0.3, 0.4) is 0 Å². The summed E-state index contributed by atoms with van der Waals surface area (Å²) in [6.07, 6.45) is 1.89. The smallest absolute Gasteiger partial charge is 0.339 e. The summed E-state index contributed by atoms with van der Waals surface area (Å²) >= 11 is 0. The van der Waals surface area contributed by atoms with Gasteiger partial charge in [0.25, 0.3) is 0 Å². The van der Waals surface area contributed by atoms with E-state index in [9.17, 15) is 4.79 Å². The highest BCUT2D eigenvalue weighted by molar-refractivity contribution is 5.90. The van der Waals surface area contributed by atoms with E-state index >= 15 is 0 Å². The third-order valence-electron chi connectivity index (χ3n) is 2.73. The third kappa shape index (κ3) is 3.83. The van der Waals surface area contributed by atoms with Crippen molar-refractivity contribution >= 4 is 5.97 Å². The molecule has 1 aromatic carbocycles. The minimum absolute atomic E-state index is 0.178. The van der Waals surface area contributed by atoms with Gasteiger partial charge in [-0.3, -0.25) is 4.68 Å². The van der Waals surface area contributed by atoms with Gasteiger partial charge in [0.1, 0.15) is 17.9 Å². The van der Waals surface area contributed by atoms with E-state index in [4.69, 9.17) is 9.84 Å². The SMILES string of the molecule is Cn1ccc(CNCCOc2ccccc2C(=O)O)n1. The van der Waals surface area contributed by atoms with Crippen LogP contribution in [0.15, 0.2) is 36.5 Å². The van der Waals surface area contributed by atoms with Gasteiger partial charge in [-0.1, -0.05) is 12.1 Å². The molecule has 1 aromatic heterocycles. The number of para-hydroxylation sites is 1. The first-order chi connectivity index (χ1) is 9.66. The van der Waals surface area contributed by atoms with Gasteiger partial charge in [-0.05, 0) is 18.2 Å². The molecule has 2 aromatic rings. The Labute approximate surface area is 117 Å². The molecule has 0 unspecified atom stereocenters. The van der Waals surface area contributed by atoms with E-state index in [2.05, 4.69) is 10.4 Å². The van der Waals surface area contributed by atoms with E-state index in [1.165, 1.54) is 6.07 Å². The third-order valence-corrected chi connectivity index (χ3v) is 2.73. The molecule has 0 aliphatic carbocycles. The first-order valence-electron chi connectivity index (χ1n) is 6.31. The molecule has 6 nitrogen and oxygen atoms in total. The topological polar surface area (TPSA) is 76.4 Å². The molecule has 2 rings (SSSR count). The lowest BCUT2D eigenvalue weighted by Crippen LogP contribution is -2.21. The monoisotopic (exact) mass is 275 g/mol. The number of hydrogen-bond donors (Lipinski definition) is 2. The number of nitrogens with one attached hydrogen (secondary N) is 1. The van der Waals surface area contributed by atoms with E-state index in [-0.39, 0.29) is 5.56 Å². The summed E-state index contributed by atoms with van der Waals surface area (Å²) in [4.78, 5) is 11.0. The van der Waals surface area contributed by atoms with Crippen LogP contribution in [0.2, 0.25) is 0 Å². The summed E-state index contributed by atoms with van der Waals surface area (Å²) in [6, 6.07) is 8.55. The highest BCUT2D eigenvalue weighted by Gasteiger charge is 2.09. The van der Waals surface area contributed by atoms with Crippen LogP contribution < -0.4 is 10.1 Å². The summed E-state index contributed by atoms with van der Waals surface area (Å²) in [7, 11) is 1.87. The molecule has 106 valence electrons. The van der Waals surface area contributed by atoms with Crippen molar-refractivity contribution in [2.45, 2.75) is 6.54 Å². The van der Waals surface area contributed by atoms with Gasteiger partial charge in [-0.2, -0.15) is 5.10 Å². The van der Waals surface area contributed by atoms with E-state index < -0.39 is 5.97 Å². The fourth-order valence-corrected chi connectivity index (χ4v) is 1.78. The molecule has 0 aliphatic rings. The molecule has 0 spiro atoms. The van der Waals surface area contributed by atoms with Crippen molar-refractivity contribution in [1.29, 1.82) is 0 Å². The molecule has 0 atom stereocenters. The van der Waals surface area contributed by atoms with Crippen LogP contribution in [0.25, 0.3) is 0 Å². The maximum absolute atomic E-state index is 11.0. The Kier molecular flexibility index (Phi) is 4.73. The standard InChI is InChI=1S/C14H17N3O3/c1-17-8-6-11(16-17)10-15-7-9-20-13-5-3-2-4-12(13)14(18)19/h2-6,8,15H,7,9-10H2,1H3,(H,18,19). The molecule has 20 heavy (non-hydrogen) atoms. The van der Waals surface area contributed by atoms with Crippen molar-refractivity contribution in [1.82, 2.24) is 15.1 Å². The molecule has 6 heteroatoms. The Morgan fingerprint density at radius 1 is 1.40 bits per heavy atom. The number of rotatable bonds is 7. The molecule has 0 fully saturated rings. The zero-order valence-electron chi connectivity index (χ0n) is 11.2. The number of carboxylic acid groups (broad SMARTS) is 1. The summed E-state index contributed by atoms with van der Waals surface area (Å²) in [5, 5.41) is 16.4. The van der Waals surface area contributed by atoms with Crippen LogP contribution in [0, 0.1) is 0 Å². The van der Waals surface area contributed by atoms with Crippen LogP contribution in [-0.4, -0.2) is 34.0 Å². The van der Waals surface area contributed by atoms with E-state index in [1.807, 2.05) is 19.3 Å². The quantitative estimate of drug-likeness (QED) is 0.745. The Bertz CT molecular complexity index is 581. The minimum Gasteiger partial charge on any atom is -0.491 e. The predicted octanol–water partition coefficient (Wildman–Crippen LogP) is 1.29. The van der Waals surface area contributed by atoms with Gasteiger partial charge in [-0.25, -0.2) is 4.79 Å². The molecule has 1 heterocycles. The number of aromatic nitrogens is 2. The minimum atomic E-state index is -0.984. The zero-order chi connectivity index (χ0) is 14.4. The van der Waals surface area contributed by atoms with Gasteiger partial charge in [0, 0.05) is 26.3 Å². The predicted molar refractivity (Wildman–Crippen MR) is 73.8 cm³/mol. The number of carbonyl (C=O) groups is 1. The van der Waals surface area contributed by atoms with E-state index in [1.54, 1.807) is 22.9 Å². The largest absolute Gasteiger partial charge is 0.491 e. The fraction of sp³-hybridized carbons (Fsp3) is 0.286. The highest BCUT2D eigenvalue weighted by Crippen LogP contribution is 2.17. The van der Waals surface area contributed by atoms with Gasteiger partial charge < -0.3 is 15.2 Å². The number of aryl methyl sites for hydroxylation is 1. The van der Waals surface area contributed by atoms with Crippen molar-refractivity contribution in [3.8, 4) is 5.75 Å². The molecule has 2 N–H and O–H groups in total. The Balaban J connectivity index is 1.75. The first-order valence-corrected chi connectivity index (χ1v) is 6.31. The maximum atomic E-state index is 11.0. The van der Waals surface area contributed by atoms with Gasteiger partial charge in [0.05, 0.1) is 5.69 Å². The normalized spacial score (nSPS) is 10.4. The number of ether oxygens (including phenoxy) is 1. The second-order valence-corrected chi connectivity index (χ2v) is 4.31. The second kappa shape index (κ2) is 6.72. The van der Waals surface area contributed by atoms with Crippen LogP contribution in [0.4, 0.5) is 0 Å². The van der Waals surface area contributed by atoms with E-state index in [0.717, 1.165) is 5.69 Å². The Hall–Kier alpha value is -2.34. The molecular formula is C14H17N3O3. The average Bonchev–Trinajstić information content (AvgIpc) is 2.84. The molecule has 0 bridgehead atoms. The number of hydrogen-bond acceptors (Lipinski definition) is 4. The summed E-state index contributed by atoms with van der Waals surface area (Å²) in [6.45, 7) is 1.67. The summed E-state index contributed by atoms with van der Waals surface area (Å²) < 4.78 is 7.22. The van der Waals surface area contributed by atoms with Crippen LogP contribution >= 0.6 is 0 Å². The van der Waals surface area contributed by atoms with Crippen LogP contribution in [0.1, 0.15) is 16.1 Å². The summed E-state index contributed by atoms with van der Waals surface area (Å²) in [5.74, 6) is -0.596. The van der Waals surface area contributed by atoms with Crippen molar-refractivity contribution in [3.05, 3.63) is 47.8 Å². The van der Waals surface area contributed by atoms with Gasteiger partial charge in [0.2, 0.25) is 0 Å². The lowest BCUT2D eigenvalue weighted by Gasteiger charge is -2.09. The first kappa shape index (κ1) is 14.1. The maximum Gasteiger partial charge on any atom is 0.339 e. The summed E-state index contributed by atoms with van der Waals surface area (Å²) in [5.41, 5.74) is 1.13. The molecule has 0 amide bonds. The van der Waals surface area contributed by atoms with Gasteiger partial charge >= 0.3 is 5.97 Å². The van der Waals surface area contributed by atoms with E-state index in [0.29, 0.717) is 25.4 Å². The van der Waals surface area contributed by atoms with Gasteiger partial charge in [-0.15, -0.1) is 0 Å². The molecule has 0 aliphatic heterocycles. The van der Waals surface area contributed by atoms with Crippen molar-refractivity contribution < 1.29 is 14.6 Å². The molecule has 0 saturated heterocycles. The number of aromatic carboxylic acids is 1. The lowest BCUT2D eigenvalue weighted by atomic mass is 10.2. The van der Waals surface area contributed by atoms with Crippen LogP contribution in [0.5, 0.6) is 5.75 Å². The van der Waals surface area contributed by atoms with Gasteiger partial charge in [0.15, 0.2) is 0 Å². The Morgan fingerprint density at radius 2 is 2.20 bits per heavy atom. The van der Waals surface area contributed by atoms with Crippen molar-refractivity contribution in [2.24, 2.45) is 7.05 Å².